The number of nitrogens with one attached hydrogen (secondary N) is 1. The average Bonchev–Trinajstić information content (AvgIpc) is 3.12. The molecule has 1 aliphatic rings. The number of hydrogen-bond acceptors (Lipinski definition) is 5. The number of hydrogen-bond donors (Lipinski definition) is 1. The lowest BCUT2D eigenvalue weighted by Crippen LogP contribution is -2.24. The van der Waals surface area contributed by atoms with E-state index in [0.717, 1.165) is 18.4 Å². The summed E-state index contributed by atoms with van der Waals surface area (Å²) in [4.78, 5) is 12.3. The van der Waals surface area contributed by atoms with Crippen LogP contribution in [0, 0.1) is 0 Å². The number of carbonyl (C=O) groups excluding carboxylic acids is 1. The van der Waals surface area contributed by atoms with E-state index >= 15 is 0 Å². The standard InChI is InChI=1S/C23H28N2O5S/c1-3-4-15-30-21-12-6-18(17-22(21)29-2)7-13-23(26)24-19-8-10-20(11-9-19)25-14-5-16-31(25,27)28/h6-13,17H,3-5,14-16H2,1-2H3,(H,24,26)/b13-7+. The van der Waals surface area contributed by atoms with Gasteiger partial charge in [-0.15, -0.1) is 0 Å². The maximum Gasteiger partial charge on any atom is 0.248 e. The molecule has 0 atom stereocenters. The van der Waals surface area contributed by atoms with E-state index in [0.29, 0.717) is 42.4 Å². The van der Waals surface area contributed by atoms with Gasteiger partial charge < -0.3 is 14.8 Å². The minimum Gasteiger partial charge on any atom is -0.493 e. The fourth-order valence-electron chi connectivity index (χ4n) is 3.23. The highest BCUT2D eigenvalue weighted by Gasteiger charge is 2.28. The van der Waals surface area contributed by atoms with Gasteiger partial charge in [0.15, 0.2) is 11.5 Å². The van der Waals surface area contributed by atoms with Crippen LogP contribution in [0.1, 0.15) is 31.7 Å². The Morgan fingerprint density at radius 3 is 2.58 bits per heavy atom. The van der Waals surface area contributed by atoms with E-state index in [-0.39, 0.29) is 11.7 Å². The third kappa shape index (κ3) is 6.01. The van der Waals surface area contributed by atoms with Gasteiger partial charge in [0.25, 0.3) is 0 Å². The van der Waals surface area contributed by atoms with Crippen LogP contribution in [0.4, 0.5) is 11.4 Å². The fourth-order valence-corrected chi connectivity index (χ4v) is 4.79. The summed E-state index contributed by atoms with van der Waals surface area (Å²) in [5, 5.41) is 2.78. The molecule has 3 rings (SSSR count). The predicted octanol–water partition coefficient (Wildman–Crippen LogP) is 4.07. The van der Waals surface area contributed by atoms with Gasteiger partial charge in [0.2, 0.25) is 15.9 Å². The van der Waals surface area contributed by atoms with Gasteiger partial charge in [-0.05, 0) is 60.9 Å². The molecule has 0 aliphatic carbocycles. The van der Waals surface area contributed by atoms with Gasteiger partial charge in [-0.1, -0.05) is 19.4 Å². The van der Waals surface area contributed by atoms with Crippen LogP contribution in [-0.4, -0.2) is 40.3 Å². The van der Waals surface area contributed by atoms with Crippen LogP contribution >= 0.6 is 0 Å². The van der Waals surface area contributed by atoms with Crippen LogP contribution in [0.2, 0.25) is 0 Å². The van der Waals surface area contributed by atoms with E-state index in [9.17, 15) is 13.2 Å². The van der Waals surface area contributed by atoms with Crippen molar-refractivity contribution in [1.29, 1.82) is 0 Å². The van der Waals surface area contributed by atoms with Crippen LogP contribution in [0.15, 0.2) is 48.5 Å². The minimum atomic E-state index is -3.22. The number of nitrogens with zero attached hydrogens (tertiary/aromatic N) is 1. The lowest BCUT2D eigenvalue weighted by atomic mass is 10.2. The second-order valence-corrected chi connectivity index (χ2v) is 9.24. The van der Waals surface area contributed by atoms with Gasteiger partial charge >= 0.3 is 0 Å². The largest absolute Gasteiger partial charge is 0.493 e. The number of amides is 1. The van der Waals surface area contributed by atoms with Crippen LogP contribution in [-0.2, 0) is 14.8 Å². The molecule has 1 saturated heterocycles. The van der Waals surface area contributed by atoms with E-state index in [4.69, 9.17) is 9.47 Å². The Balaban J connectivity index is 1.60. The number of unbranched alkanes of at least 4 members (excludes halogenated alkanes) is 1. The number of carbonyl (C=O) groups is 1. The molecular formula is C23H28N2O5S. The molecule has 2 aromatic carbocycles. The Kier molecular flexibility index (Phi) is 7.57. The Bertz CT molecular complexity index is 1030. The number of anilines is 2. The van der Waals surface area contributed by atoms with Crippen molar-refractivity contribution < 1.29 is 22.7 Å². The zero-order valence-electron chi connectivity index (χ0n) is 17.8. The number of sulfonamides is 1. The molecule has 31 heavy (non-hydrogen) atoms. The van der Waals surface area contributed by atoms with E-state index in [1.54, 1.807) is 37.5 Å². The average molecular weight is 445 g/mol. The summed E-state index contributed by atoms with van der Waals surface area (Å²) in [5.41, 5.74) is 2.01. The van der Waals surface area contributed by atoms with Gasteiger partial charge in [-0.25, -0.2) is 8.42 Å². The lowest BCUT2D eigenvalue weighted by Gasteiger charge is -2.17. The van der Waals surface area contributed by atoms with E-state index < -0.39 is 10.0 Å². The molecule has 1 fully saturated rings. The van der Waals surface area contributed by atoms with Crippen molar-refractivity contribution in [3.63, 3.8) is 0 Å². The maximum atomic E-state index is 12.3. The van der Waals surface area contributed by atoms with E-state index in [1.807, 2.05) is 18.2 Å². The number of rotatable bonds is 9. The molecule has 8 heteroatoms. The molecule has 2 aromatic rings. The molecule has 0 radical (unpaired) electrons. The molecule has 7 nitrogen and oxygen atoms in total. The predicted molar refractivity (Wildman–Crippen MR) is 123 cm³/mol. The Morgan fingerprint density at radius 1 is 1.16 bits per heavy atom. The molecule has 0 bridgehead atoms. The monoisotopic (exact) mass is 444 g/mol. The van der Waals surface area contributed by atoms with Crippen LogP contribution in [0.3, 0.4) is 0 Å². The second-order valence-electron chi connectivity index (χ2n) is 7.22. The topological polar surface area (TPSA) is 84.9 Å². The Labute approximate surface area is 183 Å². The molecule has 0 aromatic heterocycles. The first-order valence-corrected chi connectivity index (χ1v) is 11.9. The molecule has 1 amide bonds. The number of benzene rings is 2. The SMILES string of the molecule is CCCCOc1ccc(/C=C/C(=O)Nc2ccc(N3CCCS3(=O)=O)cc2)cc1OC. The lowest BCUT2D eigenvalue weighted by molar-refractivity contribution is -0.111. The summed E-state index contributed by atoms with van der Waals surface area (Å²) < 4.78 is 36.5. The third-order valence-electron chi connectivity index (χ3n) is 4.89. The van der Waals surface area contributed by atoms with Crippen molar-refractivity contribution in [2.45, 2.75) is 26.2 Å². The van der Waals surface area contributed by atoms with Gasteiger partial charge in [-0.3, -0.25) is 9.10 Å². The fraction of sp³-hybridized carbons (Fsp3) is 0.348. The zero-order valence-corrected chi connectivity index (χ0v) is 18.7. The van der Waals surface area contributed by atoms with Crippen molar-refractivity contribution in [2.24, 2.45) is 0 Å². The minimum absolute atomic E-state index is 0.174. The summed E-state index contributed by atoms with van der Waals surface area (Å²) in [6.45, 7) is 3.22. The molecule has 0 saturated carbocycles. The summed E-state index contributed by atoms with van der Waals surface area (Å²) in [5.74, 6) is 1.18. The highest BCUT2D eigenvalue weighted by Crippen LogP contribution is 2.29. The third-order valence-corrected chi connectivity index (χ3v) is 6.76. The van der Waals surface area contributed by atoms with E-state index in [2.05, 4.69) is 12.2 Å². The molecule has 166 valence electrons. The first-order valence-electron chi connectivity index (χ1n) is 10.3. The Hall–Kier alpha value is -3.00. The first kappa shape index (κ1) is 22.7. The first-order chi connectivity index (χ1) is 14.9. The quantitative estimate of drug-likeness (QED) is 0.466. The normalized spacial score (nSPS) is 15.2. The number of ether oxygens (including phenoxy) is 2. The van der Waals surface area contributed by atoms with Gasteiger partial charge in [0.1, 0.15) is 0 Å². The second kappa shape index (κ2) is 10.3. The van der Waals surface area contributed by atoms with Crippen LogP contribution in [0.25, 0.3) is 6.08 Å². The van der Waals surface area contributed by atoms with Crippen LogP contribution in [0.5, 0.6) is 11.5 Å². The van der Waals surface area contributed by atoms with Crippen molar-refractivity contribution in [1.82, 2.24) is 0 Å². The molecule has 1 heterocycles. The molecule has 0 unspecified atom stereocenters. The van der Waals surface area contributed by atoms with Crippen molar-refractivity contribution >= 4 is 33.4 Å². The van der Waals surface area contributed by atoms with Crippen molar-refractivity contribution in [3.8, 4) is 11.5 Å². The maximum absolute atomic E-state index is 12.3. The van der Waals surface area contributed by atoms with Gasteiger partial charge in [0.05, 0.1) is 25.2 Å². The van der Waals surface area contributed by atoms with Gasteiger partial charge in [-0.2, -0.15) is 0 Å². The summed E-state index contributed by atoms with van der Waals surface area (Å²) in [6, 6.07) is 12.3. The highest BCUT2D eigenvalue weighted by molar-refractivity contribution is 7.93. The van der Waals surface area contributed by atoms with Crippen LogP contribution < -0.4 is 19.1 Å². The zero-order chi connectivity index (χ0) is 22.3. The summed E-state index contributed by atoms with van der Waals surface area (Å²) in [7, 11) is -1.63. The Morgan fingerprint density at radius 2 is 1.94 bits per heavy atom. The molecule has 1 aliphatic heterocycles. The molecule has 1 N–H and O–H groups in total. The number of methoxy groups -OCH3 is 1. The van der Waals surface area contributed by atoms with Crippen molar-refractivity contribution in [2.75, 3.05) is 35.6 Å². The van der Waals surface area contributed by atoms with E-state index in [1.165, 1.54) is 10.4 Å². The van der Waals surface area contributed by atoms with Crippen molar-refractivity contribution in [3.05, 3.63) is 54.1 Å². The summed E-state index contributed by atoms with van der Waals surface area (Å²) in [6.07, 6.45) is 5.78. The molecule has 0 spiro atoms. The smallest absolute Gasteiger partial charge is 0.248 e. The van der Waals surface area contributed by atoms with Gasteiger partial charge in [0, 0.05) is 18.3 Å². The summed E-state index contributed by atoms with van der Waals surface area (Å²) >= 11 is 0. The highest BCUT2D eigenvalue weighted by atomic mass is 32.2. The molecular weight excluding hydrogens is 416 g/mol.